The minimum Gasteiger partial charge on any atom is -0.493 e. The summed E-state index contributed by atoms with van der Waals surface area (Å²) in [6.45, 7) is 5.27. The highest BCUT2D eigenvalue weighted by molar-refractivity contribution is 8.14. The fourth-order valence-electron chi connectivity index (χ4n) is 1.85. The number of nitrogens with one attached hydrogen (secondary N) is 1. The molecule has 0 radical (unpaired) electrons. The zero-order valence-electron chi connectivity index (χ0n) is 13.6. The van der Waals surface area contributed by atoms with E-state index in [1.165, 1.54) is 14.2 Å². The van der Waals surface area contributed by atoms with Crippen molar-refractivity contribution in [2.75, 3.05) is 25.3 Å². The van der Waals surface area contributed by atoms with Crippen LogP contribution in [0.4, 0.5) is 5.69 Å². The molecular weight excluding hydrogens is 330 g/mol. The van der Waals surface area contributed by atoms with E-state index in [-0.39, 0.29) is 22.4 Å². The average Bonchev–Trinajstić information content (AvgIpc) is 2.57. The van der Waals surface area contributed by atoms with Gasteiger partial charge in [0, 0.05) is 11.8 Å². The first-order valence-electron chi connectivity index (χ1n) is 6.97. The van der Waals surface area contributed by atoms with Crippen LogP contribution in [0.3, 0.4) is 0 Å². The number of hydrogen-bond acceptors (Lipinski definition) is 6. The second-order valence-corrected chi connectivity index (χ2v) is 5.72. The highest BCUT2D eigenvalue weighted by Crippen LogP contribution is 2.29. The van der Waals surface area contributed by atoms with Gasteiger partial charge in [0.25, 0.3) is 5.91 Å². The average molecular weight is 347 g/mol. The second-order valence-electron chi connectivity index (χ2n) is 4.78. The molecule has 0 unspecified atom stereocenters. The Bertz CT molecular complexity index is 756. The van der Waals surface area contributed by atoms with Crippen LogP contribution in [0.1, 0.15) is 6.92 Å². The molecule has 0 saturated heterocycles. The van der Waals surface area contributed by atoms with Gasteiger partial charge in [-0.1, -0.05) is 18.3 Å². The van der Waals surface area contributed by atoms with Crippen LogP contribution in [0.2, 0.25) is 0 Å². The maximum atomic E-state index is 12.0. The van der Waals surface area contributed by atoms with Gasteiger partial charge in [0.05, 0.1) is 31.3 Å². The SMILES string of the molecule is C=C1C(=O)N=C(SCC(=O)Nc2ccc(OC)c(OC)c2)N=C1C. The first-order chi connectivity index (χ1) is 11.4. The molecule has 126 valence electrons. The lowest BCUT2D eigenvalue weighted by molar-refractivity contribution is -0.114. The van der Waals surface area contributed by atoms with Gasteiger partial charge in [-0.25, -0.2) is 4.99 Å². The molecule has 0 fully saturated rings. The third-order valence-electron chi connectivity index (χ3n) is 3.16. The molecule has 8 heteroatoms. The van der Waals surface area contributed by atoms with Gasteiger partial charge in [0.15, 0.2) is 16.7 Å². The Hall–Kier alpha value is -2.61. The van der Waals surface area contributed by atoms with Crippen LogP contribution < -0.4 is 14.8 Å². The highest BCUT2D eigenvalue weighted by atomic mass is 32.2. The zero-order valence-corrected chi connectivity index (χ0v) is 14.4. The summed E-state index contributed by atoms with van der Waals surface area (Å²) in [6.07, 6.45) is 0. The summed E-state index contributed by atoms with van der Waals surface area (Å²) < 4.78 is 10.3. The summed E-state index contributed by atoms with van der Waals surface area (Å²) in [5, 5.41) is 2.99. The number of amides is 2. The van der Waals surface area contributed by atoms with Crippen LogP contribution >= 0.6 is 11.8 Å². The molecule has 0 saturated carbocycles. The van der Waals surface area contributed by atoms with Crippen molar-refractivity contribution in [1.82, 2.24) is 0 Å². The minimum absolute atomic E-state index is 0.0731. The third-order valence-corrected chi connectivity index (χ3v) is 4.00. The highest BCUT2D eigenvalue weighted by Gasteiger charge is 2.18. The molecule has 7 nitrogen and oxygen atoms in total. The molecular formula is C16H17N3O4S. The molecule has 1 heterocycles. The molecule has 1 aromatic rings. The Morgan fingerprint density at radius 3 is 2.58 bits per heavy atom. The molecule has 1 N–H and O–H groups in total. The van der Waals surface area contributed by atoms with Gasteiger partial charge >= 0.3 is 0 Å². The number of aliphatic imine (C=N–C) groups is 2. The summed E-state index contributed by atoms with van der Waals surface area (Å²) in [6, 6.07) is 5.07. The summed E-state index contributed by atoms with van der Waals surface area (Å²) >= 11 is 1.08. The Morgan fingerprint density at radius 2 is 1.96 bits per heavy atom. The number of methoxy groups -OCH3 is 2. The van der Waals surface area contributed by atoms with E-state index in [0.29, 0.717) is 22.9 Å². The van der Waals surface area contributed by atoms with E-state index in [0.717, 1.165) is 11.8 Å². The number of rotatable bonds is 5. The summed E-state index contributed by atoms with van der Waals surface area (Å²) in [4.78, 5) is 31.5. The zero-order chi connectivity index (χ0) is 17.7. The number of carbonyl (C=O) groups is 2. The fraction of sp³-hybridized carbons (Fsp3) is 0.250. The quantitative estimate of drug-likeness (QED) is 0.826. The number of amidine groups is 1. The van der Waals surface area contributed by atoms with Crippen molar-refractivity contribution in [1.29, 1.82) is 0 Å². The van der Waals surface area contributed by atoms with Crippen molar-refractivity contribution < 1.29 is 19.1 Å². The first-order valence-corrected chi connectivity index (χ1v) is 7.95. The predicted octanol–water partition coefficient (Wildman–Crippen LogP) is 2.29. The molecule has 2 rings (SSSR count). The Morgan fingerprint density at radius 1 is 1.25 bits per heavy atom. The predicted molar refractivity (Wildman–Crippen MR) is 95.3 cm³/mol. The lowest BCUT2D eigenvalue weighted by Crippen LogP contribution is -2.18. The topological polar surface area (TPSA) is 89.4 Å². The third kappa shape index (κ3) is 4.23. The van der Waals surface area contributed by atoms with Gasteiger partial charge in [-0.15, -0.1) is 0 Å². The number of hydrogen-bond donors (Lipinski definition) is 1. The number of anilines is 1. The van der Waals surface area contributed by atoms with E-state index in [2.05, 4.69) is 21.9 Å². The molecule has 1 aliphatic heterocycles. The van der Waals surface area contributed by atoms with Crippen LogP contribution in [0.15, 0.2) is 40.3 Å². The van der Waals surface area contributed by atoms with Gasteiger partial charge in [0.1, 0.15) is 0 Å². The van der Waals surface area contributed by atoms with Crippen LogP contribution in [0.5, 0.6) is 11.5 Å². The molecule has 0 aromatic heterocycles. The number of benzene rings is 1. The first kappa shape index (κ1) is 17.7. The van der Waals surface area contributed by atoms with Crippen LogP contribution in [-0.4, -0.2) is 42.7 Å². The standard InChI is InChI=1S/C16H17N3O4S/c1-9-10(2)17-16(19-15(9)21)24-8-14(20)18-11-5-6-12(22-3)13(7-11)23-4/h5-7H,1,8H2,2-4H3,(H,18,20). The van der Waals surface area contributed by atoms with E-state index in [1.807, 2.05) is 0 Å². The summed E-state index contributed by atoms with van der Waals surface area (Å²) in [5.74, 6) is 0.489. The van der Waals surface area contributed by atoms with E-state index in [4.69, 9.17) is 9.47 Å². The molecule has 0 spiro atoms. The van der Waals surface area contributed by atoms with Crippen LogP contribution in [-0.2, 0) is 9.59 Å². The molecule has 2 amide bonds. The Balaban J connectivity index is 1.96. The molecule has 24 heavy (non-hydrogen) atoms. The van der Waals surface area contributed by atoms with Crippen LogP contribution in [0, 0.1) is 0 Å². The number of thioether (sulfide) groups is 1. The lowest BCUT2D eigenvalue weighted by atomic mass is 10.2. The van der Waals surface area contributed by atoms with Crippen molar-refractivity contribution in [3.8, 4) is 11.5 Å². The molecule has 0 bridgehead atoms. The Labute approximate surface area is 143 Å². The minimum atomic E-state index is -0.426. The molecule has 0 atom stereocenters. The van der Waals surface area contributed by atoms with E-state index >= 15 is 0 Å². The molecule has 0 aliphatic carbocycles. The summed E-state index contributed by atoms with van der Waals surface area (Å²) in [7, 11) is 3.06. The normalized spacial score (nSPS) is 14.0. The maximum Gasteiger partial charge on any atom is 0.280 e. The van der Waals surface area contributed by atoms with Gasteiger partial charge in [-0.3, -0.25) is 9.59 Å². The van der Waals surface area contributed by atoms with E-state index in [9.17, 15) is 9.59 Å². The number of ether oxygens (including phenoxy) is 2. The van der Waals surface area contributed by atoms with Crippen LogP contribution in [0.25, 0.3) is 0 Å². The van der Waals surface area contributed by atoms with Gasteiger partial charge in [-0.2, -0.15) is 4.99 Å². The molecule has 1 aliphatic rings. The van der Waals surface area contributed by atoms with Gasteiger partial charge in [-0.05, 0) is 19.1 Å². The van der Waals surface area contributed by atoms with Gasteiger partial charge < -0.3 is 14.8 Å². The van der Waals surface area contributed by atoms with E-state index in [1.54, 1.807) is 25.1 Å². The smallest absolute Gasteiger partial charge is 0.280 e. The lowest BCUT2D eigenvalue weighted by Gasteiger charge is -2.11. The second kappa shape index (κ2) is 7.78. The Kier molecular flexibility index (Phi) is 5.75. The van der Waals surface area contributed by atoms with Crippen molar-refractivity contribution in [2.45, 2.75) is 6.92 Å². The van der Waals surface area contributed by atoms with Crippen molar-refractivity contribution >= 4 is 40.1 Å². The van der Waals surface area contributed by atoms with Crippen molar-refractivity contribution in [3.05, 3.63) is 30.4 Å². The van der Waals surface area contributed by atoms with Crippen molar-refractivity contribution in [2.24, 2.45) is 9.98 Å². The monoisotopic (exact) mass is 347 g/mol. The van der Waals surface area contributed by atoms with Crippen molar-refractivity contribution in [3.63, 3.8) is 0 Å². The number of nitrogens with zero attached hydrogens (tertiary/aromatic N) is 2. The van der Waals surface area contributed by atoms with Gasteiger partial charge in [0.2, 0.25) is 5.91 Å². The number of carbonyl (C=O) groups excluding carboxylic acids is 2. The largest absolute Gasteiger partial charge is 0.493 e. The van der Waals surface area contributed by atoms with E-state index < -0.39 is 5.91 Å². The molecule has 1 aromatic carbocycles. The summed E-state index contributed by atoms with van der Waals surface area (Å²) in [5.41, 5.74) is 1.36. The maximum absolute atomic E-state index is 12.0. The fourth-order valence-corrected chi connectivity index (χ4v) is 2.53.